The van der Waals surface area contributed by atoms with Crippen molar-refractivity contribution in [3.05, 3.63) is 35.9 Å². The maximum atomic E-state index is 11.3. The number of rotatable bonds is 5. The third-order valence-corrected chi connectivity index (χ3v) is 3.53. The molecule has 2 rings (SSSR count). The fraction of sp³-hybridized carbons (Fsp3) is 0.533. The van der Waals surface area contributed by atoms with Crippen LogP contribution in [0, 0.1) is 0 Å². The van der Waals surface area contributed by atoms with Crippen LogP contribution in [0.25, 0.3) is 0 Å². The van der Waals surface area contributed by atoms with Crippen LogP contribution in [-0.2, 0) is 20.9 Å². The molecular weight excluding hydrogens is 290 g/mol. The molecule has 4 N–H and O–H groups in total. The molecule has 0 aliphatic carbocycles. The van der Waals surface area contributed by atoms with Gasteiger partial charge in [0, 0.05) is 6.92 Å². The Bertz CT molecular complexity index is 482. The average molecular weight is 311 g/mol. The first-order valence-corrected chi connectivity index (χ1v) is 7.08. The Balaban J connectivity index is 2.10. The Kier molecular flexibility index (Phi) is 5.87. The molecule has 0 bridgehead atoms. The standard InChI is InChI=1S/C15H21NO6/c1-9(18)16-12-14(13(19)11(7-17)22-15(12)20)21-8-10-5-3-2-4-6-10/h2-6,11-15,17,19-20H,7-8H2,1H3,(H,16,18)/t11?,12?,13?,14?,15-/m1/s1. The van der Waals surface area contributed by atoms with Gasteiger partial charge in [-0.2, -0.15) is 0 Å². The number of carbonyl (C=O) groups excluding carboxylic acids is 1. The van der Waals surface area contributed by atoms with E-state index in [1.807, 2.05) is 30.3 Å². The summed E-state index contributed by atoms with van der Waals surface area (Å²) in [5, 5.41) is 31.9. The highest BCUT2D eigenvalue weighted by Crippen LogP contribution is 2.23. The maximum absolute atomic E-state index is 11.3. The molecule has 7 heteroatoms. The Morgan fingerprint density at radius 3 is 2.59 bits per heavy atom. The Hall–Kier alpha value is -1.51. The van der Waals surface area contributed by atoms with Crippen molar-refractivity contribution in [1.29, 1.82) is 0 Å². The molecule has 7 nitrogen and oxygen atoms in total. The molecule has 122 valence electrons. The number of hydrogen-bond acceptors (Lipinski definition) is 6. The molecule has 1 aliphatic heterocycles. The van der Waals surface area contributed by atoms with Gasteiger partial charge in [-0.25, -0.2) is 0 Å². The van der Waals surface area contributed by atoms with E-state index in [2.05, 4.69) is 5.32 Å². The molecule has 22 heavy (non-hydrogen) atoms. The SMILES string of the molecule is CC(=O)NC1C(OCc2ccccc2)C(O)C(CO)O[C@H]1O. The van der Waals surface area contributed by atoms with Crippen molar-refractivity contribution in [3.63, 3.8) is 0 Å². The van der Waals surface area contributed by atoms with Crippen molar-refractivity contribution in [3.8, 4) is 0 Å². The van der Waals surface area contributed by atoms with Gasteiger partial charge in [-0.05, 0) is 5.56 Å². The van der Waals surface area contributed by atoms with E-state index >= 15 is 0 Å². The van der Waals surface area contributed by atoms with Crippen LogP contribution in [0.2, 0.25) is 0 Å². The largest absolute Gasteiger partial charge is 0.394 e. The summed E-state index contributed by atoms with van der Waals surface area (Å²) in [5.74, 6) is -0.379. The summed E-state index contributed by atoms with van der Waals surface area (Å²) >= 11 is 0. The molecule has 4 unspecified atom stereocenters. The number of carbonyl (C=O) groups is 1. The zero-order chi connectivity index (χ0) is 16.1. The van der Waals surface area contributed by atoms with Crippen molar-refractivity contribution >= 4 is 5.91 Å². The molecular formula is C15H21NO6. The van der Waals surface area contributed by atoms with Crippen molar-refractivity contribution < 1.29 is 29.6 Å². The Morgan fingerprint density at radius 2 is 2.00 bits per heavy atom. The van der Waals surface area contributed by atoms with Crippen molar-refractivity contribution in [2.75, 3.05) is 6.61 Å². The molecule has 0 saturated carbocycles. The number of aliphatic hydroxyl groups is 3. The van der Waals surface area contributed by atoms with Crippen molar-refractivity contribution in [1.82, 2.24) is 5.32 Å². The van der Waals surface area contributed by atoms with E-state index in [-0.39, 0.29) is 12.5 Å². The molecule has 0 aromatic heterocycles. The highest BCUT2D eigenvalue weighted by Gasteiger charge is 2.45. The van der Waals surface area contributed by atoms with Gasteiger partial charge in [0.25, 0.3) is 0 Å². The zero-order valence-corrected chi connectivity index (χ0v) is 12.3. The van der Waals surface area contributed by atoms with Crippen LogP contribution in [-0.4, -0.2) is 58.5 Å². The Morgan fingerprint density at radius 1 is 1.32 bits per heavy atom. The first-order valence-electron chi connectivity index (χ1n) is 7.08. The first-order chi connectivity index (χ1) is 10.5. The van der Waals surface area contributed by atoms with Gasteiger partial charge in [0.05, 0.1) is 13.2 Å². The fourth-order valence-electron chi connectivity index (χ4n) is 2.44. The summed E-state index contributed by atoms with van der Waals surface area (Å²) in [5.41, 5.74) is 0.887. The lowest BCUT2D eigenvalue weighted by Crippen LogP contribution is -2.64. The number of aliphatic hydroxyl groups excluding tert-OH is 3. The van der Waals surface area contributed by atoms with Gasteiger partial charge in [-0.1, -0.05) is 30.3 Å². The highest BCUT2D eigenvalue weighted by molar-refractivity contribution is 5.73. The van der Waals surface area contributed by atoms with Gasteiger partial charge < -0.3 is 30.1 Å². The minimum absolute atomic E-state index is 0.198. The third-order valence-electron chi connectivity index (χ3n) is 3.53. The van der Waals surface area contributed by atoms with E-state index in [0.717, 1.165) is 5.56 Å². The monoisotopic (exact) mass is 311 g/mol. The lowest BCUT2D eigenvalue weighted by molar-refractivity contribution is -0.263. The summed E-state index contributed by atoms with van der Waals surface area (Å²) in [6.45, 7) is 1.03. The molecule has 1 amide bonds. The number of hydrogen-bond donors (Lipinski definition) is 4. The average Bonchev–Trinajstić information content (AvgIpc) is 2.50. The van der Waals surface area contributed by atoms with Crippen LogP contribution in [0.1, 0.15) is 12.5 Å². The number of nitrogens with one attached hydrogen (secondary N) is 1. The zero-order valence-electron chi connectivity index (χ0n) is 12.3. The second-order valence-corrected chi connectivity index (χ2v) is 5.23. The predicted octanol–water partition coefficient (Wildman–Crippen LogP) is -0.853. The second kappa shape index (κ2) is 7.66. The number of benzene rings is 1. The number of ether oxygens (including phenoxy) is 2. The fourth-order valence-corrected chi connectivity index (χ4v) is 2.44. The predicted molar refractivity (Wildman–Crippen MR) is 76.6 cm³/mol. The van der Waals surface area contributed by atoms with Gasteiger partial charge in [0.15, 0.2) is 6.29 Å². The molecule has 1 heterocycles. The van der Waals surface area contributed by atoms with E-state index in [1.165, 1.54) is 6.92 Å². The highest BCUT2D eigenvalue weighted by atomic mass is 16.6. The molecule has 0 radical (unpaired) electrons. The van der Waals surface area contributed by atoms with Crippen LogP contribution >= 0.6 is 0 Å². The molecule has 5 atom stereocenters. The van der Waals surface area contributed by atoms with E-state index in [0.29, 0.717) is 0 Å². The van der Waals surface area contributed by atoms with Crippen LogP contribution < -0.4 is 5.32 Å². The quantitative estimate of drug-likeness (QED) is 0.564. The molecule has 1 fully saturated rings. The minimum atomic E-state index is -1.37. The Labute approximate surface area is 128 Å². The third kappa shape index (κ3) is 4.02. The van der Waals surface area contributed by atoms with E-state index < -0.39 is 37.3 Å². The molecule has 1 aromatic carbocycles. The van der Waals surface area contributed by atoms with Gasteiger partial charge >= 0.3 is 0 Å². The van der Waals surface area contributed by atoms with Crippen LogP contribution in [0.3, 0.4) is 0 Å². The van der Waals surface area contributed by atoms with Crippen molar-refractivity contribution in [2.24, 2.45) is 0 Å². The molecule has 1 saturated heterocycles. The number of amides is 1. The lowest BCUT2D eigenvalue weighted by atomic mass is 9.96. The molecule has 0 spiro atoms. The smallest absolute Gasteiger partial charge is 0.217 e. The second-order valence-electron chi connectivity index (χ2n) is 5.23. The van der Waals surface area contributed by atoms with Gasteiger partial charge in [0.2, 0.25) is 5.91 Å². The topological polar surface area (TPSA) is 108 Å². The van der Waals surface area contributed by atoms with Crippen LogP contribution in [0.5, 0.6) is 0 Å². The lowest BCUT2D eigenvalue weighted by Gasteiger charge is -2.42. The van der Waals surface area contributed by atoms with Gasteiger partial charge in [-0.3, -0.25) is 4.79 Å². The summed E-state index contributed by atoms with van der Waals surface area (Å²) in [4.78, 5) is 11.3. The maximum Gasteiger partial charge on any atom is 0.217 e. The van der Waals surface area contributed by atoms with Gasteiger partial charge in [-0.15, -0.1) is 0 Å². The van der Waals surface area contributed by atoms with E-state index in [9.17, 15) is 20.1 Å². The normalized spacial score (nSPS) is 31.7. The minimum Gasteiger partial charge on any atom is -0.394 e. The van der Waals surface area contributed by atoms with Crippen LogP contribution in [0.4, 0.5) is 0 Å². The van der Waals surface area contributed by atoms with Crippen molar-refractivity contribution in [2.45, 2.75) is 44.2 Å². The van der Waals surface area contributed by atoms with E-state index in [1.54, 1.807) is 0 Å². The molecule has 1 aromatic rings. The summed E-state index contributed by atoms with van der Waals surface area (Å²) in [7, 11) is 0. The first kappa shape index (κ1) is 16.9. The van der Waals surface area contributed by atoms with E-state index in [4.69, 9.17) is 9.47 Å². The summed E-state index contributed by atoms with van der Waals surface area (Å²) in [6.07, 6.45) is -4.41. The van der Waals surface area contributed by atoms with Crippen LogP contribution in [0.15, 0.2) is 30.3 Å². The molecule has 1 aliphatic rings. The summed E-state index contributed by atoms with van der Waals surface area (Å²) in [6, 6.07) is 8.39. The van der Waals surface area contributed by atoms with Gasteiger partial charge in [0.1, 0.15) is 24.4 Å². The summed E-state index contributed by atoms with van der Waals surface area (Å²) < 4.78 is 10.8.